The van der Waals surface area contributed by atoms with E-state index in [1.165, 1.54) is 17.4 Å². The lowest BCUT2D eigenvalue weighted by atomic mass is 9.96. The molecule has 0 spiro atoms. The number of hydrogen-bond acceptors (Lipinski definition) is 5. The molecule has 4 rings (SSSR count). The third-order valence-electron chi connectivity index (χ3n) is 5.64. The number of nitrogens with zero attached hydrogens (tertiary/aromatic N) is 2. The smallest absolute Gasteiger partial charge is 0.416 e. The van der Waals surface area contributed by atoms with Crippen LogP contribution in [0.2, 0.25) is 0 Å². The van der Waals surface area contributed by atoms with Crippen molar-refractivity contribution in [3.63, 3.8) is 0 Å². The number of halogens is 3. The quantitative estimate of drug-likeness (QED) is 0.330. The number of likely N-dealkylation sites (N-methyl/N-ethyl adjacent to an activating group) is 1. The highest BCUT2D eigenvalue weighted by Gasteiger charge is 2.31. The number of thiophene rings is 1. The summed E-state index contributed by atoms with van der Waals surface area (Å²) >= 11 is 1.40. The van der Waals surface area contributed by atoms with E-state index in [2.05, 4.69) is 5.16 Å². The minimum absolute atomic E-state index is 0.132. The fourth-order valence-corrected chi connectivity index (χ4v) is 5.48. The molecule has 0 aliphatic rings. The Morgan fingerprint density at radius 3 is 2.55 bits per heavy atom. The molecule has 0 fully saturated rings. The number of aryl methyl sites for hydroxylation is 2. The SMILES string of the molecule is CC(C)c1c(CCc2noc3cc(N(C)CC(=O)O)ccc23)sc2cc(C(F)(F)F)ccc12. The maximum absolute atomic E-state index is 13.2. The summed E-state index contributed by atoms with van der Waals surface area (Å²) < 4.78 is 45.6. The van der Waals surface area contributed by atoms with E-state index in [1.807, 2.05) is 26.0 Å². The summed E-state index contributed by atoms with van der Waals surface area (Å²) in [5, 5.41) is 14.9. The molecule has 0 unspecified atom stereocenters. The number of benzene rings is 2. The fourth-order valence-electron chi connectivity index (χ4n) is 4.08. The van der Waals surface area contributed by atoms with Gasteiger partial charge in [0, 0.05) is 33.8 Å². The number of carboxylic acids is 1. The van der Waals surface area contributed by atoms with Crippen molar-refractivity contribution in [3.8, 4) is 0 Å². The van der Waals surface area contributed by atoms with Crippen LogP contribution in [0.3, 0.4) is 0 Å². The van der Waals surface area contributed by atoms with Crippen molar-refractivity contribution in [1.29, 1.82) is 0 Å². The number of carboxylic acid groups (broad SMARTS) is 1. The Kier molecular flexibility index (Phi) is 6.09. The van der Waals surface area contributed by atoms with E-state index in [0.29, 0.717) is 28.8 Å². The second-order valence-electron chi connectivity index (χ2n) is 8.36. The van der Waals surface area contributed by atoms with Crippen molar-refractivity contribution in [1.82, 2.24) is 5.16 Å². The summed E-state index contributed by atoms with van der Waals surface area (Å²) in [6.45, 7) is 3.96. The molecule has 174 valence electrons. The van der Waals surface area contributed by atoms with Crippen LogP contribution in [0.15, 0.2) is 40.9 Å². The lowest BCUT2D eigenvalue weighted by Crippen LogP contribution is -2.24. The molecule has 0 bridgehead atoms. The van der Waals surface area contributed by atoms with E-state index in [9.17, 15) is 18.0 Å². The molecule has 0 radical (unpaired) electrons. The summed E-state index contributed by atoms with van der Waals surface area (Å²) in [5.41, 5.74) is 2.48. The molecule has 0 saturated heterocycles. The summed E-state index contributed by atoms with van der Waals surface area (Å²) in [7, 11) is 1.69. The highest BCUT2D eigenvalue weighted by Crippen LogP contribution is 2.40. The van der Waals surface area contributed by atoms with E-state index in [1.54, 1.807) is 24.1 Å². The van der Waals surface area contributed by atoms with Crippen LogP contribution >= 0.6 is 11.3 Å². The Labute approximate surface area is 192 Å². The third-order valence-corrected chi connectivity index (χ3v) is 6.87. The average Bonchev–Trinajstić information content (AvgIpc) is 3.30. The lowest BCUT2D eigenvalue weighted by Gasteiger charge is -2.16. The van der Waals surface area contributed by atoms with Gasteiger partial charge in [0.1, 0.15) is 6.54 Å². The zero-order chi connectivity index (χ0) is 23.9. The van der Waals surface area contributed by atoms with Crippen molar-refractivity contribution >= 4 is 44.0 Å². The number of alkyl halides is 3. The second kappa shape index (κ2) is 8.70. The number of carbonyl (C=O) groups is 1. The summed E-state index contributed by atoms with van der Waals surface area (Å²) in [5.74, 6) is -0.755. The van der Waals surface area contributed by atoms with Crippen LogP contribution in [-0.2, 0) is 23.8 Å². The van der Waals surface area contributed by atoms with Gasteiger partial charge in [-0.25, -0.2) is 0 Å². The zero-order valence-electron chi connectivity index (χ0n) is 18.4. The van der Waals surface area contributed by atoms with Crippen LogP contribution < -0.4 is 4.90 Å². The standard InChI is InChI=1S/C24H23F3N2O3S/c1-13(2)23-17-6-4-14(24(25,26)27)10-21(17)33-20(23)9-8-18-16-7-5-15(11-19(16)32-28-18)29(3)12-22(30)31/h4-7,10-11,13H,8-9,12H2,1-3H3,(H,30,31). The lowest BCUT2D eigenvalue weighted by molar-refractivity contribution is -0.137. The molecule has 0 atom stereocenters. The third kappa shape index (κ3) is 4.68. The van der Waals surface area contributed by atoms with Gasteiger partial charge in [-0.05, 0) is 54.0 Å². The Balaban J connectivity index is 1.61. The Morgan fingerprint density at radius 1 is 1.15 bits per heavy atom. The first-order chi connectivity index (χ1) is 15.5. The molecule has 2 heterocycles. The van der Waals surface area contributed by atoms with Gasteiger partial charge in [0.05, 0.1) is 11.3 Å². The van der Waals surface area contributed by atoms with Crippen molar-refractivity contribution < 1.29 is 27.6 Å². The molecule has 5 nitrogen and oxygen atoms in total. The largest absolute Gasteiger partial charge is 0.480 e. The van der Waals surface area contributed by atoms with Crippen LogP contribution in [0, 0.1) is 0 Å². The first kappa shape index (κ1) is 23.1. The summed E-state index contributed by atoms with van der Waals surface area (Å²) in [6, 6.07) is 9.40. The average molecular weight is 477 g/mol. The van der Waals surface area contributed by atoms with Gasteiger partial charge in [-0.3, -0.25) is 4.79 Å². The summed E-state index contributed by atoms with van der Waals surface area (Å²) in [4.78, 5) is 13.6. The predicted molar refractivity (Wildman–Crippen MR) is 123 cm³/mol. The van der Waals surface area contributed by atoms with Gasteiger partial charge in [-0.15, -0.1) is 11.3 Å². The fraction of sp³-hybridized carbons (Fsp3) is 0.333. The van der Waals surface area contributed by atoms with Crippen LogP contribution in [-0.4, -0.2) is 29.8 Å². The molecule has 0 amide bonds. The minimum atomic E-state index is -4.37. The molecule has 9 heteroatoms. The Hall–Kier alpha value is -3.07. The van der Waals surface area contributed by atoms with Crippen LogP contribution in [0.5, 0.6) is 0 Å². The van der Waals surface area contributed by atoms with Gasteiger partial charge in [-0.2, -0.15) is 13.2 Å². The second-order valence-corrected chi connectivity index (χ2v) is 9.50. The summed E-state index contributed by atoms with van der Waals surface area (Å²) in [6.07, 6.45) is -3.15. The highest BCUT2D eigenvalue weighted by molar-refractivity contribution is 7.19. The van der Waals surface area contributed by atoms with E-state index >= 15 is 0 Å². The van der Waals surface area contributed by atoms with E-state index in [0.717, 1.165) is 33.0 Å². The number of aromatic nitrogens is 1. The maximum atomic E-state index is 13.2. The van der Waals surface area contributed by atoms with Gasteiger partial charge >= 0.3 is 12.1 Å². The Bertz CT molecular complexity index is 1320. The molecule has 2 aromatic heterocycles. The van der Waals surface area contributed by atoms with E-state index in [4.69, 9.17) is 9.63 Å². The molecule has 0 aliphatic heterocycles. The predicted octanol–water partition coefficient (Wildman–Crippen LogP) is 6.49. The molecule has 0 aliphatic carbocycles. The topological polar surface area (TPSA) is 66.6 Å². The molecule has 4 aromatic rings. The number of rotatable bonds is 7. The van der Waals surface area contributed by atoms with Gasteiger partial charge in [0.15, 0.2) is 5.58 Å². The zero-order valence-corrected chi connectivity index (χ0v) is 19.2. The van der Waals surface area contributed by atoms with Crippen molar-refractivity contribution in [2.24, 2.45) is 0 Å². The normalized spacial score (nSPS) is 12.2. The van der Waals surface area contributed by atoms with Gasteiger partial charge in [0.2, 0.25) is 0 Å². The Morgan fingerprint density at radius 2 is 1.88 bits per heavy atom. The molecular formula is C24H23F3N2O3S. The maximum Gasteiger partial charge on any atom is 0.416 e. The van der Waals surface area contributed by atoms with Gasteiger partial charge < -0.3 is 14.5 Å². The van der Waals surface area contributed by atoms with Crippen molar-refractivity contribution in [3.05, 3.63) is 58.1 Å². The van der Waals surface area contributed by atoms with Crippen LogP contribution in [0.1, 0.15) is 41.5 Å². The number of anilines is 1. The molecule has 0 saturated carbocycles. The minimum Gasteiger partial charge on any atom is -0.480 e. The van der Waals surface area contributed by atoms with Gasteiger partial charge in [0.25, 0.3) is 0 Å². The van der Waals surface area contributed by atoms with E-state index < -0.39 is 17.7 Å². The first-order valence-corrected chi connectivity index (χ1v) is 11.3. The molecular weight excluding hydrogens is 453 g/mol. The van der Waals surface area contributed by atoms with Crippen molar-refractivity contribution in [2.75, 3.05) is 18.5 Å². The first-order valence-electron chi connectivity index (χ1n) is 10.5. The molecule has 33 heavy (non-hydrogen) atoms. The van der Waals surface area contributed by atoms with Crippen molar-refractivity contribution in [2.45, 2.75) is 38.8 Å². The number of aliphatic carboxylic acids is 1. The van der Waals surface area contributed by atoms with Crippen LogP contribution in [0.4, 0.5) is 18.9 Å². The number of hydrogen-bond donors (Lipinski definition) is 1. The van der Waals surface area contributed by atoms with Crippen LogP contribution in [0.25, 0.3) is 21.1 Å². The van der Waals surface area contributed by atoms with Gasteiger partial charge in [-0.1, -0.05) is 25.1 Å². The highest BCUT2D eigenvalue weighted by atomic mass is 32.1. The number of fused-ring (bicyclic) bond motifs is 2. The monoisotopic (exact) mass is 476 g/mol. The molecule has 1 N–H and O–H groups in total. The molecule has 2 aromatic carbocycles. The van der Waals surface area contributed by atoms with E-state index in [-0.39, 0.29) is 12.5 Å².